The van der Waals surface area contributed by atoms with Crippen LogP contribution >= 0.6 is 11.6 Å². The number of hydrogen-bond acceptors (Lipinski definition) is 6. The second-order valence-corrected chi connectivity index (χ2v) is 13.4. The molecule has 1 aromatic heterocycles. The lowest BCUT2D eigenvalue weighted by Crippen LogP contribution is -2.46. The highest BCUT2D eigenvalue weighted by Crippen LogP contribution is 2.36. The molecule has 4 aromatic rings. The summed E-state index contributed by atoms with van der Waals surface area (Å²) in [4.78, 5) is 13.9. The quantitative estimate of drug-likeness (QED) is 0.121. The molecule has 3 N–H and O–H groups in total. The number of rotatable bonds is 14. The van der Waals surface area contributed by atoms with Crippen molar-refractivity contribution in [3.8, 4) is 23.1 Å². The van der Waals surface area contributed by atoms with E-state index >= 15 is 0 Å². The number of amides is 1. The Morgan fingerprint density at radius 1 is 1.02 bits per heavy atom. The van der Waals surface area contributed by atoms with Crippen LogP contribution in [0.25, 0.3) is 11.3 Å². The van der Waals surface area contributed by atoms with Crippen molar-refractivity contribution < 1.29 is 13.9 Å². The fourth-order valence-corrected chi connectivity index (χ4v) is 6.70. The molecule has 0 radical (unpaired) electrons. The summed E-state index contributed by atoms with van der Waals surface area (Å²) in [5.74, 6) is 2.44. The third kappa shape index (κ3) is 10.7. The van der Waals surface area contributed by atoms with Gasteiger partial charge in [-0.15, -0.1) is 0 Å². The molecular formula is C42H53ClN4O3. The van der Waals surface area contributed by atoms with Gasteiger partial charge in [0.15, 0.2) is 0 Å². The number of carbonyl (C=O) groups is 1. The lowest BCUT2D eigenvalue weighted by atomic mass is 9.84. The first kappa shape index (κ1) is 38.7. The summed E-state index contributed by atoms with van der Waals surface area (Å²) >= 11 is 6.70. The van der Waals surface area contributed by atoms with Crippen molar-refractivity contribution >= 4 is 17.5 Å². The summed E-state index contributed by atoms with van der Waals surface area (Å²) in [6.07, 6.45) is 6.62. The van der Waals surface area contributed by atoms with Gasteiger partial charge in [-0.05, 0) is 93.3 Å². The molecule has 1 amide bonds. The number of nitriles is 1. The van der Waals surface area contributed by atoms with Gasteiger partial charge in [0.2, 0.25) is 0 Å². The third-order valence-electron chi connectivity index (χ3n) is 9.60. The highest BCUT2D eigenvalue weighted by Gasteiger charge is 2.24. The van der Waals surface area contributed by atoms with Gasteiger partial charge in [-0.2, -0.15) is 5.26 Å². The molecule has 50 heavy (non-hydrogen) atoms. The molecule has 8 heteroatoms. The number of benzene rings is 3. The van der Waals surface area contributed by atoms with E-state index in [0.717, 1.165) is 30.1 Å². The van der Waals surface area contributed by atoms with Crippen LogP contribution in [0.5, 0.6) is 5.75 Å². The predicted molar refractivity (Wildman–Crippen MR) is 204 cm³/mol. The molecule has 1 heterocycles. The largest absolute Gasteiger partial charge is 0.496 e. The number of hydrogen-bond donors (Lipinski definition) is 3. The Labute approximate surface area is 303 Å². The maximum atomic E-state index is 13.9. The van der Waals surface area contributed by atoms with Crippen LogP contribution in [0.15, 0.2) is 77.2 Å². The van der Waals surface area contributed by atoms with Gasteiger partial charge >= 0.3 is 0 Å². The molecule has 1 saturated carbocycles. The van der Waals surface area contributed by atoms with Gasteiger partial charge in [-0.3, -0.25) is 4.79 Å². The zero-order valence-corrected chi connectivity index (χ0v) is 31.2. The third-order valence-corrected chi connectivity index (χ3v) is 9.91. The van der Waals surface area contributed by atoms with Crippen molar-refractivity contribution in [3.05, 3.63) is 111 Å². The number of furan rings is 1. The van der Waals surface area contributed by atoms with E-state index in [4.69, 9.17) is 20.8 Å². The van der Waals surface area contributed by atoms with Crippen molar-refractivity contribution in [1.29, 1.82) is 5.26 Å². The van der Waals surface area contributed by atoms with E-state index < -0.39 is 0 Å². The van der Waals surface area contributed by atoms with E-state index in [1.807, 2.05) is 50.2 Å². The molecule has 0 spiro atoms. The Bertz CT molecular complexity index is 1690. The molecule has 0 bridgehead atoms. The van der Waals surface area contributed by atoms with Gasteiger partial charge in [0.25, 0.3) is 5.91 Å². The van der Waals surface area contributed by atoms with Gasteiger partial charge < -0.3 is 25.1 Å². The summed E-state index contributed by atoms with van der Waals surface area (Å²) in [6, 6.07) is 25.9. The van der Waals surface area contributed by atoms with Crippen LogP contribution in [0.3, 0.4) is 0 Å². The number of halogens is 1. The molecule has 5 rings (SSSR count). The Hall–Kier alpha value is -4.09. The Morgan fingerprint density at radius 3 is 2.36 bits per heavy atom. The molecule has 266 valence electrons. The molecular weight excluding hydrogens is 644 g/mol. The summed E-state index contributed by atoms with van der Waals surface area (Å²) in [6.45, 7) is 11.7. The van der Waals surface area contributed by atoms with Crippen LogP contribution < -0.4 is 20.7 Å². The van der Waals surface area contributed by atoms with Gasteiger partial charge in [-0.25, -0.2) is 0 Å². The van der Waals surface area contributed by atoms with Crippen LogP contribution in [0, 0.1) is 24.2 Å². The summed E-state index contributed by atoms with van der Waals surface area (Å²) in [5, 5.41) is 20.0. The maximum absolute atomic E-state index is 13.9. The molecule has 0 saturated heterocycles. The molecule has 1 fully saturated rings. The summed E-state index contributed by atoms with van der Waals surface area (Å²) < 4.78 is 11.9. The van der Waals surface area contributed by atoms with Crippen molar-refractivity contribution in [3.63, 3.8) is 0 Å². The smallest absolute Gasteiger partial charge is 0.253 e. The fourth-order valence-electron chi connectivity index (χ4n) is 6.46. The van der Waals surface area contributed by atoms with Gasteiger partial charge in [0, 0.05) is 30.7 Å². The summed E-state index contributed by atoms with van der Waals surface area (Å²) in [5.41, 5.74) is 5.10. The molecule has 2 atom stereocenters. The molecule has 3 aromatic carbocycles. The molecule has 1 aliphatic carbocycles. The lowest BCUT2D eigenvalue weighted by Gasteiger charge is -2.30. The normalized spacial score (nSPS) is 16.8. The monoisotopic (exact) mass is 696 g/mol. The highest BCUT2D eigenvalue weighted by molar-refractivity contribution is 6.34. The number of carbonyl (C=O) groups excluding carboxylic acids is 1. The Balaban J connectivity index is 0.00000276. The number of nitrogens with zero attached hydrogens (tertiary/aromatic N) is 1. The van der Waals surface area contributed by atoms with Crippen molar-refractivity contribution in [2.45, 2.75) is 97.8 Å². The number of aryl methyl sites for hydroxylation is 1. The minimum absolute atomic E-state index is 0.151. The van der Waals surface area contributed by atoms with Crippen LogP contribution in [-0.4, -0.2) is 31.6 Å². The van der Waals surface area contributed by atoms with Gasteiger partial charge in [0.1, 0.15) is 17.3 Å². The number of methoxy groups -OCH3 is 1. The molecule has 2 unspecified atom stereocenters. The van der Waals surface area contributed by atoms with E-state index in [-0.39, 0.29) is 18.0 Å². The minimum atomic E-state index is -0.264. The van der Waals surface area contributed by atoms with E-state index in [2.05, 4.69) is 67.1 Å². The lowest BCUT2D eigenvalue weighted by molar-refractivity contribution is 0.0935. The maximum Gasteiger partial charge on any atom is 0.253 e. The predicted octanol–water partition coefficient (Wildman–Crippen LogP) is 9.57. The van der Waals surface area contributed by atoms with Crippen molar-refractivity contribution in [2.24, 2.45) is 5.92 Å². The second kappa shape index (κ2) is 19.3. The van der Waals surface area contributed by atoms with Crippen molar-refractivity contribution in [1.82, 2.24) is 16.0 Å². The Morgan fingerprint density at radius 2 is 1.72 bits per heavy atom. The number of ether oxygens (including phenoxy) is 1. The first-order chi connectivity index (χ1) is 24.3. The zero-order valence-electron chi connectivity index (χ0n) is 30.4. The summed E-state index contributed by atoms with van der Waals surface area (Å²) in [7, 11) is 1.58. The first-order valence-electron chi connectivity index (χ1n) is 18.1. The fraction of sp³-hybridized carbons (Fsp3) is 0.429. The SMILES string of the molecule is CC.CCC1CCC(NCC(Cc2ccc(C#N)cc2)NC(=O)c2cc(-c3ccc(CNC(C)c4ccc(C)cc4)o3)c(OC)cc2Cl)CC1. The minimum Gasteiger partial charge on any atom is -0.496 e. The zero-order chi connectivity index (χ0) is 36.0. The van der Waals surface area contributed by atoms with E-state index in [1.165, 1.54) is 30.4 Å². The van der Waals surface area contributed by atoms with E-state index in [9.17, 15) is 10.1 Å². The molecule has 1 aliphatic rings. The topological polar surface area (TPSA) is 99.3 Å². The first-order valence-corrected chi connectivity index (χ1v) is 18.4. The Kier molecular flexibility index (Phi) is 15.0. The van der Waals surface area contributed by atoms with Crippen molar-refractivity contribution in [2.75, 3.05) is 13.7 Å². The molecule has 0 aliphatic heterocycles. The van der Waals surface area contributed by atoms with Crippen LogP contribution in [-0.2, 0) is 13.0 Å². The average molecular weight is 697 g/mol. The standard InChI is InChI=1S/C40H47ClN4O3.C2H6/c1-5-28-12-16-32(17-13-28)44-24-33(20-29-8-10-30(23-42)11-9-29)45-40(46)35-21-36(39(47-4)22-37(35)41)38-19-18-34(48-38)25-43-27(3)31-14-6-26(2)7-15-31;1-2/h6-11,14-15,18-19,21-22,27-28,32-33,43-44H,5,12-13,16-17,20,24-25H2,1-4H3,(H,45,46);1-2H3. The van der Waals surface area contributed by atoms with E-state index in [1.54, 1.807) is 19.2 Å². The van der Waals surface area contributed by atoms with Gasteiger partial charge in [0.05, 0.1) is 41.4 Å². The van der Waals surface area contributed by atoms with Crippen LogP contribution in [0.4, 0.5) is 0 Å². The highest BCUT2D eigenvalue weighted by atomic mass is 35.5. The average Bonchev–Trinajstić information content (AvgIpc) is 3.63. The second-order valence-electron chi connectivity index (χ2n) is 13.0. The molecule has 7 nitrogen and oxygen atoms in total. The van der Waals surface area contributed by atoms with E-state index in [0.29, 0.717) is 58.8 Å². The number of nitrogens with one attached hydrogen (secondary N) is 3. The van der Waals surface area contributed by atoms with Crippen LogP contribution in [0.1, 0.15) is 104 Å². The van der Waals surface area contributed by atoms with Crippen LogP contribution in [0.2, 0.25) is 5.02 Å². The van der Waals surface area contributed by atoms with Gasteiger partial charge in [-0.1, -0.05) is 80.8 Å².